The Morgan fingerprint density at radius 3 is 2.56 bits per heavy atom. The van der Waals surface area contributed by atoms with Crippen LogP contribution in [0.5, 0.6) is 0 Å². The number of carbonyl (C=O) groups excluding carboxylic acids is 1. The third-order valence-electron chi connectivity index (χ3n) is 7.12. The molecule has 6 aromatic rings. The van der Waals surface area contributed by atoms with Crippen molar-refractivity contribution in [2.75, 3.05) is 0 Å². The van der Waals surface area contributed by atoms with Gasteiger partial charge in [0.15, 0.2) is 5.76 Å². The van der Waals surface area contributed by atoms with Crippen LogP contribution in [0.25, 0.3) is 27.9 Å². The van der Waals surface area contributed by atoms with Crippen LogP contribution in [0.4, 0.5) is 13.2 Å². The summed E-state index contributed by atoms with van der Waals surface area (Å²) < 4.78 is 49.3. The highest BCUT2D eigenvalue weighted by molar-refractivity contribution is 5.96. The molecule has 0 bridgehead atoms. The first-order valence-corrected chi connectivity index (χ1v) is 13.8. The Bertz CT molecular complexity index is 1840. The number of imidazole rings is 2. The molecule has 0 aliphatic heterocycles. The van der Waals surface area contributed by atoms with Gasteiger partial charge in [-0.15, -0.1) is 0 Å². The van der Waals surface area contributed by atoms with Crippen LogP contribution < -0.4 is 5.32 Å². The van der Waals surface area contributed by atoms with Gasteiger partial charge >= 0.3 is 6.18 Å². The molecule has 2 aromatic carbocycles. The molecule has 0 saturated carbocycles. The predicted octanol–water partition coefficient (Wildman–Crippen LogP) is 7.02. The largest absolute Gasteiger partial charge is 0.451 e. The normalized spacial score (nSPS) is 12.5. The van der Waals surface area contributed by atoms with Crippen molar-refractivity contribution in [3.8, 4) is 16.9 Å². The molecular weight excluding hydrogens is 557 g/mol. The first-order valence-electron chi connectivity index (χ1n) is 13.8. The van der Waals surface area contributed by atoms with Crippen molar-refractivity contribution in [2.24, 2.45) is 0 Å². The topological polar surface area (TPSA) is 90.8 Å². The Morgan fingerprint density at radius 2 is 1.86 bits per heavy atom. The number of alkyl halides is 3. The molecule has 8 nitrogen and oxygen atoms in total. The maximum Gasteiger partial charge on any atom is 0.416 e. The summed E-state index contributed by atoms with van der Waals surface area (Å²) in [6.45, 7) is 2.71. The smallest absolute Gasteiger partial charge is 0.416 e. The minimum atomic E-state index is -4.50. The minimum absolute atomic E-state index is 0.0933. The van der Waals surface area contributed by atoms with Crippen molar-refractivity contribution in [3.63, 3.8) is 0 Å². The number of benzene rings is 2. The number of rotatable bonds is 9. The van der Waals surface area contributed by atoms with Crippen molar-refractivity contribution >= 4 is 16.9 Å². The lowest BCUT2D eigenvalue weighted by molar-refractivity contribution is -0.137. The Labute approximate surface area is 244 Å². The number of pyridine rings is 1. The summed E-state index contributed by atoms with van der Waals surface area (Å²) in [5.74, 6) is -0.0303. The molecule has 1 atom stereocenters. The molecule has 1 N–H and O–H groups in total. The van der Waals surface area contributed by atoms with Gasteiger partial charge in [0.2, 0.25) is 0 Å². The molecule has 4 aromatic heterocycles. The van der Waals surface area contributed by atoms with Gasteiger partial charge in [0, 0.05) is 48.3 Å². The number of fused-ring (bicyclic) bond motifs is 1. The van der Waals surface area contributed by atoms with Crippen LogP contribution in [0.3, 0.4) is 0 Å². The van der Waals surface area contributed by atoms with Crippen molar-refractivity contribution in [3.05, 3.63) is 121 Å². The Balaban J connectivity index is 1.34. The quantitative estimate of drug-likeness (QED) is 0.197. The highest BCUT2D eigenvalue weighted by Gasteiger charge is 2.31. The van der Waals surface area contributed by atoms with E-state index in [9.17, 15) is 18.0 Å². The van der Waals surface area contributed by atoms with Crippen molar-refractivity contribution in [1.82, 2.24) is 29.4 Å². The number of furan rings is 1. The third-order valence-corrected chi connectivity index (χ3v) is 7.12. The van der Waals surface area contributed by atoms with E-state index in [1.54, 1.807) is 24.9 Å². The van der Waals surface area contributed by atoms with Gasteiger partial charge < -0.3 is 18.9 Å². The summed E-state index contributed by atoms with van der Waals surface area (Å²) in [4.78, 5) is 26.8. The summed E-state index contributed by atoms with van der Waals surface area (Å²) in [5.41, 5.74) is 2.93. The van der Waals surface area contributed by atoms with E-state index in [2.05, 4.69) is 26.8 Å². The average Bonchev–Trinajstić information content (AvgIpc) is 3.77. The van der Waals surface area contributed by atoms with E-state index in [-0.39, 0.29) is 16.7 Å². The lowest BCUT2D eigenvalue weighted by Crippen LogP contribution is -2.32. The van der Waals surface area contributed by atoms with Crippen LogP contribution >= 0.6 is 0 Å². The summed E-state index contributed by atoms with van der Waals surface area (Å²) >= 11 is 0. The molecule has 4 heterocycles. The molecule has 0 aliphatic rings. The molecule has 43 heavy (non-hydrogen) atoms. The molecule has 0 radical (unpaired) electrons. The fourth-order valence-electron chi connectivity index (χ4n) is 5.07. The lowest BCUT2D eigenvalue weighted by Gasteiger charge is -2.20. The number of amides is 1. The summed E-state index contributed by atoms with van der Waals surface area (Å²) in [7, 11) is 0. The predicted molar refractivity (Wildman–Crippen MR) is 154 cm³/mol. The molecule has 1 unspecified atom stereocenters. The van der Waals surface area contributed by atoms with Gasteiger partial charge in [0.05, 0.1) is 29.8 Å². The zero-order chi connectivity index (χ0) is 30.0. The molecular formula is C32H27F3N6O2. The maximum absolute atomic E-state index is 13.5. The van der Waals surface area contributed by atoms with Gasteiger partial charge in [-0.1, -0.05) is 25.1 Å². The molecule has 1 amide bonds. The number of carbonyl (C=O) groups is 1. The van der Waals surface area contributed by atoms with Gasteiger partial charge in [0.1, 0.15) is 11.4 Å². The molecule has 0 fully saturated rings. The van der Waals surface area contributed by atoms with E-state index in [0.29, 0.717) is 18.8 Å². The monoisotopic (exact) mass is 584 g/mol. The molecule has 11 heteroatoms. The van der Waals surface area contributed by atoms with Crippen LogP contribution in [-0.4, -0.2) is 30.0 Å². The number of halogens is 3. The fraction of sp³-hybridized carbons (Fsp3) is 0.188. The number of aromatic nitrogens is 5. The number of hydrogen-bond donors (Lipinski definition) is 1. The molecule has 0 spiro atoms. The summed E-state index contributed by atoms with van der Waals surface area (Å²) in [6.07, 6.45) is 5.44. The first kappa shape index (κ1) is 28.0. The first-order chi connectivity index (χ1) is 20.8. The fourth-order valence-corrected chi connectivity index (χ4v) is 5.07. The van der Waals surface area contributed by atoms with E-state index >= 15 is 0 Å². The van der Waals surface area contributed by atoms with Crippen LogP contribution in [0, 0.1) is 0 Å². The van der Waals surface area contributed by atoms with Crippen molar-refractivity contribution in [1.29, 1.82) is 0 Å². The Hall–Kier alpha value is -5.19. The van der Waals surface area contributed by atoms with E-state index in [4.69, 9.17) is 9.40 Å². The van der Waals surface area contributed by atoms with Gasteiger partial charge in [-0.05, 0) is 60.5 Å². The second-order valence-electron chi connectivity index (χ2n) is 10.1. The summed E-state index contributed by atoms with van der Waals surface area (Å²) in [5, 5.41) is 3.20. The second-order valence-corrected chi connectivity index (χ2v) is 10.1. The van der Waals surface area contributed by atoms with Crippen LogP contribution in [0.1, 0.15) is 47.0 Å². The van der Waals surface area contributed by atoms with Gasteiger partial charge in [-0.2, -0.15) is 13.2 Å². The van der Waals surface area contributed by atoms with Crippen LogP contribution in [-0.2, 0) is 19.1 Å². The van der Waals surface area contributed by atoms with E-state index in [1.807, 2.05) is 53.2 Å². The Morgan fingerprint density at radius 1 is 1.02 bits per heavy atom. The standard InChI is InChI=1S/C32H27F3N6O2/c1-2-14-41-27(21-6-9-25(10-7-21)40-15-13-36-20-40)19-38-30(41)26(18-24-5-3-4-12-37-24)39-31(42)29-17-22-16-23(32(33,34)35)8-11-28(22)43-29/h3-13,15-17,19-20,26H,2,14,18H2,1H3,(H,39,42). The van der Waals surface area contributed by atoms with Crippen molar-refractivity contribution < 1.29 is 22.4 Å². The SMILES string of the molecule is CCCn1c(-c2ccc(-n3ccnc3)cc2)cnc1C(Cc1ccccn1)NC(=O)c1cc2cc(C(F)(F)F)ccc2o1. The zero-order valence-electron chi connectivity index (χ0n) is 23.1. The molecule has 6 rings (SSSR count). The van der Waals surface area contributed by atoms with E-state index < -0.39 is 23.7 Å². The third kappa shape index (κ3) is 5.92. The number of nitrogens with one attached hydrogen (secondary N) is 1. The van der Waals surface area contributed by atoms with Gasteiger partial charge in [-0.25, -0.2) is 9.97 Å². The van der Waals surface area contributed by atoms with Gasteiger partial charge in [0.25, 0.3) is 5.91 Å². The van der Waals surface area contributed by atoms with Gasteiger partial charge in [-0.3, -0.25) is 9.78 Å². The number of nitrogens with zero attached hydrogens (tertiary/aromatic N) is 5. The molecule has 0 saturated heterocycles. The van der Waals surface area contributed by atoms with E-state index in [1.165, 1.54) is 12.1 Å². The molecule has 0 aliphatic carbocycles. The average molecular weight is 585 g/mol. The Kier molecular flexibility index (Phi) is 7.54. The highest BCUT2D eigenvalue weighted by atomic mass is 19.4. The zero-order valence-corrected chi connectivity index (χ0v) is 23.1. The minimum Gasteiger partial charge on any atom is -0.451 e. The maximum atomic E-state index is 13.5. The van der Waals surface area contributed by atoms with Crippen LogP contribution in [0.2, 0.25) is 0 Å². The highest BCUT2D eigenvalue weighted by Crippen LogP contribution is 2.33. The lowest BCUT2D eigenvalue weighted by atomic mass is 10.1. The van der Waals surface area contributed by atoms with Crippen LogP contribution in [0.15, 0.2) is 102 Å². The van der Waals surface area contributed by atoms with Crippen molar-refractivity contribution in [2.45, 2.75) is 38.5 Å². The molecule has 218 valence electrons. The summed E-state index contributed by atoms with van der Waals surface area (Å²) in [6, 6.07) is 17.4. The van der Waals surface area contributed by atoms with E-state index in [0.717, 1.165) is 41.2 Å². The second kappa shape index (κ2) is 11.6. The number of hydrogen-bond acceptors (Lipinski definition) is 5.